The number of nitrogen functional groups attached to an aromatic ring is 1. The molecule has 4 saturated carbocycles. The number of aromatic nitrogens is 23. The van der Waals surface area contributed by atoms with Gasteiger partial charge < -0.3 is 39.7 Å². The van der Waals surface area contributed by atoms with Crippen molar-refractivity contribution in [3.63, 3.8) is 0 Å². The van der Waals surface area contributed by atoms with E-state index in [2.05, 4.69) is 92.1 Å². The summed E-state index contributed by atoms with van der Waals surface area (Å²) >= 11 is 5.38. The first-order valence-electron chi connectivity index (χ1n) is 38.6. The summed E-state index contributed by atoms with van der Waals surface area (Å²) in [5.74, 6) is -0.253. The van der Waals surface area contributed by atoms with Gasteiger partial charge in [0.05, 0.1) is 111 Å². The molecule has 0 spiro atoms. The van der Waals surface area contributed by atoms with Crippen molar-refractivity contribution in [3.8, 4) is 57.3 Å². The van der Waals surface area contributed by atoms with E-state index in [1.807, 2.05) is 92.2 Å². The van der Waals surface area contributed by atoms with Crippen molar-refractivity contribution in [2.75, 3.05) is 16.4 Å². The molecule has 2 amide bonds. The molecule has 0 radical (unpaired) electrons. The molecule has 10 heterocycles. The number of nitrogens with zero attached hydrogens (tertiary/aromatic N) is 23. The second kappa shape index (κ2) is 35.0. The fraction of sp³-hybridized carbons (Fsp3) is 0.301. The number of tetrazole rings is 3. The Morgan fingerprint density at radius 3 is 1.00 bits per heavy atom. The highest BCUT2D eigenvalue weighted by Crippen LogP contribution is 2.43. The Bertz CT molecular complexity index is 5780. The van der Waals surface area contributed by atoms with Crippen LogP contribution in [0.4, 0.5) is 35.0 Å². The number of nitrogens with one attached hydrogen (secondary N) is 2. The molecule has 4 fully saturated rings. The molecule has 31 nitrogen and oxygen atoms in total. The van der Waals surface area contributed by atoms with Gasteiger partial charge in [0, 0.05) is 48.5 Å². The lowest BCUT2D eigenvalue weighted by atomic mass is 10.1. The van der Waals surface area contributed by atoms with E-state index < -0.39 is 46.3 Å². The predicted octanol–water partition coefficient (Wildman–Crippen LogP) is 15.5. The van der Waals surface area contributed by atoms with Crippen LogP contribution in [0.5, 0.6) is 0 Å². The summed E-state index contributed by atoms with van der Waals surface area (Å²) in [6, 6.07) is 27.1. The summed E-state index contributed by atoms with van der Waals surface area (Å²) < 4.78 is 68.9. The molecule has 119 heavy (non-hydrogen) atoms. The van der Waals surface area contributed by atoms with E-state index in [1.165, 1.54) is 49.2 Å². The van der Waals surface area contributed by atoms with Crippen LogP contribution in [0.25, 0.3) is 57.3 Å². The van der Waals surface area contributed by atoms with Crippen LogP contribution in [0.3, 0.4) is 0 Å². The van der Waals surface area contributed by atoms with Gasteiger partial charge in [0.25, 0.3) is 17.1 Å². The first kappa shape index (κ1) is 81.8. The summed E-state index contributed by atoms with van der Waals surface area (Å²) in [7, 11) is 0. The minimum absolute atomic E-state index is 0.0405. The molecular weight excluding hydrogens is 1550 g/mol. The lowest BCUT2D eigenvalue weighted by Gasteiger charge is -2.12. The number of hydrogen-bond acceptors (Lipinski definition) is 21. The summed E-state index contributed by atoms with van der Waals surface area (Å²) in [6.45, 7) is 19.0. The molecule has 4 aromatic carbocycles. The molecule has 14 aromatic rings. The van der Waals surface area contributed by atoms with Crippen LogP contribution in [-0.2, 0) is 0 Å². The Hall–Kier alpha value is -13.7. The van der Waals surface area contributed by atoms with Crippen molar-refractivity contribution in [1.82, 2.24) is 114 Å². The Kier molecular flexibility index (Phi) is 24.1. The molecule has 610 valence electrons. The lowest BCUT2D eigenvalue weighted by molar-refractivity contribution is 0.0691. The summed E-state index contributed by atoms with van der Waals surface area (Å²) in [4.78, 5) is 78.7. The number of benzene rings is 4. The van der Waals surface area contributed by atoms with Crippen LogP contribution < -0.4 is 16.4 Å². The first-order chi connectivity index (χ1) is 57.1. The number of carboxylic acids is 1. The van der Waals surface area contributed by atoms with E-state index in [0.29, 0.717) is 97.8 Å². The predicted molar refractivity (Wildman–Crippen MR) is 433 cm³/mol. The van der Waals surface area contributed by atoms with Gasteiger partial charge in [-0.2, -0.15) is 0 Å². The van der Waals surface area contributed by atoms with E-state index in [4.69, 9.17) is 22.4 Å². The molecule has 4 aliphatic rings. The van der Waals surface area contributed by atoms with Crippen molar-refractivity contribution < 1.29 is 41.8 Å². The van der Waals surface area contributed by atoms with E-state index in [1.54, 1.807) is 126 Å². The average molecular weight is 1640 g/mol. The molecule has 4 aliphatic carbocycles. The highest BCUT2D eigenvalue weighted by molar-refractivity contribution is 6.67. The molecule has 5 N–H and O–H groups in total. The number of rotatable bonds is 20. The highest BCUT2D eigenvalue weighted by Gasteiger charge is 2.31. The number of aryl methyl sites for hydroxylation is 4. The number of imidazole rings is 4. The summed E-state index contributed by atoms with van der Waals surface area (Å²) in [5.41, 5.74) is 16.5. The second-order valence-corrected chi connectivity index (χ2v) is 30.6. The molecule has 18 rings (SSSR count). The Morgan fingerprint density at radius 1 is 0.420 bits per heavy atom. The van der Waals surface area contributed by atoms with Gasteiger partial charge in [0.2, 0.25) is 17.5 Å². The zero-order valence-electron chi connectivity index (χ0n) is 66.5. The summed E-state index contributed by atoms with van der Waals surface area (Å²) in [5, 5.41) is 48.5. The third-order valence-corrected chi connectivity index (χ3v) is 20.2. The van der Waals surface area contributed by atoms with Crippen molar-refractivity contribution >= 4 is 52.1 Å². The average Bonchev–Trinajstić information content (AvgIpc) is 1.76. The fourth-order valence-electron chi connectivity index (χ4n) is 13.0. The molecule has 0 saturated heterocycles. The number of aromatic carboxylic acids is 1. The Labute approximate surface area is 684 Å². The van der Waals surface area contributed by atoms with Crippen molar-refractivity contribution in [3.05, 3.63) is 244 Å². The zero-order valence-corrected chi connectivity index (χ0v) is 67.2. The maximum absolute atomic E-state index is 14.8. The number of halogens is 5. The molecular formula is C83H83ClF4N26O5. The number of carboxylic acid groups (broad SMARTS) is 1. The van der Waals surface area contributed by atoms with Crippen molar-refractivity contribution in [1.29, 1.82) is 0 Å². The largest absolute Gasteiger partial charge is 0.478 e. The van der Waals surface area contributed by atoms with Gasteiger partial charge in [-0.15, -0.1) is 15.3 Å². The smallest absolute Gasteiger partial charge is 0.338 e. The standard InChI is InChI=1S/2C23H23FN8O.C14H12ClFN2O.C14H13FN2O2.C9H12N6/c2*1-13(2)32-22(28-29-30-32)18-5-4-6-21(26-18)27-23(33)16-10-20(14(3)9-17(16)24)31-11-19(25-12-31)15-7-8-15;1-8-4-11(16)10(14(15)19)5-13(8)18-6-12(17-7-18)9-2-3-9;1-8-4-11(15)10(14(18)19)5-13(8)17-6-12(16-7-17)9-2-3-9;1-6(2)15-9(12-13-14-15)7-4-3-5-8(10)11-7/h2*4-6,9-13,15H,7-8H2,1-3H3,(H,26,27,33);4-7,9H,2-3H2,1H3;4-7,9H,2-3H2,1H3,(H,18,19);3-6H,1-2H3,(H2,10,11). The van der Waals surface area contributed by atoms with E-state index in [0.717, 1.165) is 72.6 Å². The highest BCUT2D eigenvalue weighted by atomic mass is 35.5. The number of hydrogen-bond donors (Lipinski definition) is 4. The van der Waals surface area contributed by atoms with Crippen LogP contribution in [0, 0.1) is 51.0 Å². The molecule has 36 heteroatoms. The first-order valence-corrected chi connectivity index (χ1v) is 38.9. The molecule has 10 aromatic heterocycles. The van der Waals surface area contributed by atoms with Gasteiger partial charge in [0.1, 0.15) is 57.8 Å². The Morgan fingerprint density at radius 2 is 0.706 bits per heavy atom. The van der Waals surface area contributed by atoms with E-state index >= 15 is 0 Å². The lowest BCUT2D eigenvalue weighted by Crippen LogP contribution is -2.16. The normalized spacial score (nSPS) is 13.5. The van der Waals surface area contributed by atoms with Gasteiger partial charge in [-0.1, -0.05) is 18.2 Å². The van der Waals surface area contributed by atoms with Crippen LogP contribution in [-0.4, -0.2) is 142 Å². The third kappa shape index (κ3) is 19.2. The van der Waals surface area contributed by atoms with Crippen LogP contribution >= 0.6 is 11.6 Å². The minimum atomic E-state index is -1.26. The molecule has 0 atom stereocenters. The van der Waals surface area contributed by atoms with E-state index in [-0.39, 0.29) is 52.0 Å². The van der Waals surface area contributed by atoms with E-state index in [9.17, 15) is 36.7 Å². The number of amides is 2. The van der Waals surface area contributed by atoms with Gasteiger partial charge in [-0.05, 0) is 271 Å². The van der Waals surface area contributed by atoms with Crippen molar-refractivity contribution in [2.45, 2.75) is 162 Å². The topological polar surface area (TPSA) is 379 Å². The summed E-state index contributed by atoms with van der Waals surface area (Å²) in [6.07, 6.45) is 23.7. The molecule has 0 aliphatic heterocycles. The van der Waals surface area contributed by atoms with Crippen LogP contribution in [0.1, 0.15) is 221 Å². The minimum Gasteiger partial charge on any atom is -0.478 e. The molecule has 0 bridgehead atoms. The molecule has 0 unspecified atom stereocenters. The maximum atomic E-state index is 14.8. The van der Waals surface area contributed by atoms with Gasteiger partial charge in [-0.3, -0.25) is 14.4 Å². The number of carbonyl (C=O) groups excluding carboxylic acids is 3. The van der Waals surface area contributed by atoms with Crippen LogP contribution in [0.15, 0.2) is 153 Å². The fourth-order valence-corrected chi connectivity index (χ4v) is 13.1. The zero-order chi connectivity index (χ0) is 84.2. The van der Waals surface area contributed by atoms with Gasteiger partial charge in [0.15, 0.2) is 0 Å². The number of pyridine rings is 3. The SMILES string of the molecule is CC(C)n1nnnc1-c1cccc(N)n1.Cc1cc(F)c(C(=O)Cl)cc1-n1cnc(C2CC2)c1.Cc1cc(F)c(C(=O)Nc2cccc(-c3nnnn3C(C)C)n2)cc1-n1cnc(C2CC2)c1.Cc1cc(F)c(C(=O)Nc2cccc(-c3nnnn3C(C)C)n2)cc1-n1cnc(C2CC2)c1.Cc1cc(F)c(C(=O)O)cc1-n1cnc(C2CC2)c1. The maximum Gasteiger partial charge on any atom is 0.338 e. The number of anilines is 3. The van der Waals surface area contributed by atoms with Gasteiger partial charge >= 0.3 is 5.97 Å². The van der Waals surface area contributed by atoms with Gasteiger partial charge in [-0.25, -0.2) is 71.3 Å². The third-order valence-electron chi connectivity index (χ3n) is 20.0. The number of nitrogens with two attached hydrogens (primary N) is 1. The monoisotopic (exact) mass is 1630 g/mol. The second-order valence-electron chi connectivity index (χ2n) is 30.3. The van der Waals surface area contributed by atoms with Crippen LogP contribution in [0.2, 0.25) is 0 Å². The van der Waals surface area contributed by atoms with Crippen molar-refractivity contribution in [2.24, 2.45) is 0 Å². The Balaban J connectivity index is 0.000000126. The number of carbonyl (C=O) groups is 4. The quantitative estimate of drug-likeness (QED) is 0.0407.